The molecule has 1 aromatic carbocycles. The number of carbonyl (C=O) groups excluding carboxylic acids is 1. The third-order valence-electron chi connectivity index (χ3n) is 4.85. The molecule has 26 heavy (non-hydrogen) atoms. The molecule has 0 aliphatic carbocycles. The third kappa shape index (κ3) is 2.90. The molecular formula is C19H22N6O. The number of aryl methyl sites for hydroxylation is 1. The second-order valence-electron chi connectivity index (χ2n) is 6.56. The van der Waals surface area contributed by atoms with Gasteiger partial charge < -0.3 is 10.2 Å². The molecule has 0 saturated carbocycles. The van der Waals surface area contributed by atoms with E-state index in [2.05, 4.69) is 15.5 Å². The van der Waals surface area contributed by atoms with Crippen molar-refractivity contribution in [2.45, 2.75) is 13.0 Å². The van der Waals surface area contributed by atoms with Crippen molar-refractivity contribution in [3.8, 4) is 5.69 Å². The van der Waals surface area contributed by atoms with Gasteiger partial charge in [0.25, 0.3) is 5.91 Å². The lowest BCUT2D eigenvalue weighted by molar-refractivity contribution is 0.0633. The van der Waals surface area contributed by atoms with Crippen LogP contribution in [-0.4, -0.2) is 50.0 Å². The number of aromatic nitrogens is 4. The first-order valence-electron chi connectivity index (χ1n) is 8.75. The predicted octanol–water partition coefficient (Wildman–Crippen LogP) is 1.70. The van der Waals surface area contributed by atoms with Crippen LogP contribution in [0.2, 0.25) is 0 Å². The summed E-state index contributed by atoms with van der Waals surface area (Å²) in [7, 11) is 1.89. The Kier molecular flexibility index (Phi) is 4.30. The van der Waals surface area contributed by atoms with E-state index in [0.29, 0.717) is 12.1 Å². The molecule has 1 atom stereocenters. The number of hydrogen-bond acceptors (Lipinski definition) is 4. The maximum Gasteiger partial charge on any atom is 0.257 e. The first kappa shape index (κ1) is 16.5. The molecule has 1 fully saturated rings. The summed E-state index contributed by atoms with van der Waals surface area (Å²) in [5.41, 5.74) is 3.49. The minimum Gasteiger partial charge on any atom is -0.329 e. The minimum absolute atomic E-state index is 0.0139. The Bertz CT molecular complexity index is 913. The third-order valence-corrected chi connectivity index (χ3v) is 4.85. The number of hydrogen-bond donors (Lipinski definition) is 1. The highest BCUT2D eigenvalue weighted by Crippen LogP contribution is 2.25. The summed E-state index contributed by atoms with van der Waals surface area (Å²) in [5, 5.41) is 12.1. The topological polar surface area (TPSA) is 68.0 Å². The quantitative estimate of drug-likeness (QED) is 0.781. The van der Waals surface area contributed by atoms with Crippen LogP contribution in [0.4, 0.5) is 0 Å². The Morgan fingerprint density at radius 1 is 1.19 bits per heavy atom. The Morgan fingerprint density at radius 3 is 2.73 bits per heavy atom. The van der Waals surface area contributed by atoms with Crippen molar-refractivity contribution in [2.75, 3.05) is 19.6 Å². The smallest absolute Gasteiger partial charge is 0.257 e. The van der Waals surface area contributed by atoms with Crippen LogP contribution in [0, 0.1) is 6.92 Å². The first-order chi connectivity index (χ1) is 12.6. The van der Waals surface area contributed by atoms with Crippen molar-refractivity contribution < 1.29 is 4.79 Å². The monoisotopic (exact) mass is 350 g/mol. The van der Waals surface area contributed by atoms with E-state index in [4.69, 9.17) is 0 Å². The van der Waals surface area contributed by atoms with Gasteiger partial charge in [-0.1, -0.05) is 18.2 Å². The average Bonchev–Trinajstić information content (AvgIpc) is 3.28. The van der Waals surface area contributed by atoms with E-state index in [-0.39, 0.29) is 11.9 Å². The molecule has 0 radical (unpaired) electrons. The molecule has 134 valence electrons. The Hall–Kier alpha value is -2.93. The van der Waals surface area contributed by atoms with Crippen LogP contribution in [0.15, 0.2) is 48.9 Å². The number of amides is 1. The van der Waals surface area contributed by atoms with E-state index in [0.717, 1.165) is 30.0 Å². The SMILES string of the molecule is Cc1c(C(=O)N2CCNCC2c2cnn(C)c2)cnn1-c1ccccc1. The highest BCUT2D eigenvalue weighted by molar-refractivity contribution is 5.95. The standard InChI is InChI=1S/C19H22N6O/c1-14-17(11-22-25(14)16-6-4-3-5-7-16)19(26)24-9-8-20-12-18(24)15-10-21-23(2)13-15/h3-7,10-11,13,18,20H,8-9,12H2,1-2H3. The molecule has 0 bridgehead atoms. The molecule has 0 spiro atoms. The van der Waals surface area contributed by atoms with Crippen molar-refractivity contribution in [3.63, 3.8) is 0 Å². The van der Waals surface area contributed by atoms with Crippen molar-refractivity contribution >= 4 is 5.91 Å². The van der Waals surface area contributed by atoms with Crippen LogP contribution in [0.3, 0.4) is 0 Å². The summed E-state index contributed by atoms with van der Waals surface area (Å²) in [6.07, 6.45) is 5.48. The zero-order valence-electron chi connectivity index (χ0n) is 15.0. The van der Waals surface area contributed by atoms with E-state index in [1.54, 1.807) is 10.9 Å². The van der Waals surface area contributed by atoms with Crippen molar-refractivity contribution in [3.05, 3.63) is 65.7 Å². The molecule has 1 unspecified atom stereocenters. The van der Waals surface area contributed by atoms with Gasteiger partial charge in [0.05, 0.1) is 35.4 Å². The second-order valence-corrected chi connectivity index (χ2v) is 6.56. The predicted molar refractivity (Wildman–Crippen MR) is 98.2 cm³/mol. The molecule has 7 heteroatoms. The van der Waals surface area contributed by atoms with Gasteiger partial charge in [0.1, 0.15) is 0 Å². The molecule has 3 heterocycles. The van der Waals surface area contributed by atoms with E-state index in [1.165, 1.54) is 0 Å². The fraction of sp³-hybridized carbons (Fsp3) is 0.316. The summed E-state index contributed by atoms with van der Waals surface area (Å²) in [5.74, 6) is 0.0139. The number of benzene rings is 1. The molecule has 1 aliphatic rings. The van der Waals surface area contributed by atoms with Crippen LogP contribution < -0.4 is 5.32 Å². The van der Waals surface area contributed by atoms with E-state index >= 15 is 0 Å². The number of para-hydroxylation sites is 1. The van der Waals surface area contributed by atoms with Gasteiger partial charge in [-0.3, -0.25) is 9.48 Å². The molecule has 1 amide bonds. The molecule has 2 aromatic heterocycles. The lowest BCUT2D eigenvalue weighted by atomic mass is 10.1. The van der Waals surface area contributed by atoms with Gasteiger partial charge in [0.2, 0.25) is 0 Å². The lowest BCUT2D eigenvalue weighted by Crippen LogP contribution is -2.48. The molecule has 1 N–H and O–H groups in total. The fourth-order valence-electron chi connectivity index (χ4n) is 3.46. The minimum atomic E-state index is -0.0237. The number of nitrogens with zero attached hydrogens (tertiary/aromatic N) is 5. The van der Waals surface area contributed by atoms with Crippen molar-refractivity contribution in [1.29, 1.82) is 0 Å². The maximum atomic E-state index is 13.3. The van der Waals surface area contributed by atoms with E-state index < -0.39 is 0 Å². The number of carbonyl (C=O) groups is 1. The van der Waals surface area contributed by atoms with E-state index in [9.17, 15) is 4.79 Å². The van der Waals surface area contributed by atoms with Crippen LogP contribution in [-0.2, 0) is 7.05 Å². The first-order valence-corrected chi connectivity index (χ1v) is 8.75. The Morgan fingerprint density at radius 2 is 2.00 bits per heavy atom. The van der Waals surface area contributed by atoms with Gasteiger partial charge in [0.15, 0.2) is 0 Å². The molecule has 7 nitrogen and oxygen atoms in total. The van der Waals surface area contributed by atoms with E-state index in [1.807, 2.05) is 66.3 Å². The highest BCUT2D eigenvalue weighted by atomic mass is 16.2. The Labute approximate surface area is 152 Å². The zero-order chi connectivity index (χ0) is 18.1. The average molecular weight is 350 g/mol. The maximum absolute atomic E-state index is 13.3. The zero-order valence-corrected chi connectivity index (χ0v) is 15.0. The summed E-state index contributed by atoms with van der Waals surface area (Å²) in [6.45, 7) is 4.11. The van der Waals surface area contributed by atoms with Gasteiger partial charge in [0, 0.05) is 38.4 Å². The van der Waals surface area contributed by atoms with Crippen molar-refractivity contribution in [2.24, 2.45) is 7.05 Å². The fourth-order valence-corrected chi connectivity index (χ4v) is 3.46. The molecule has 1 aliphatic heterocycles. The van der Waals surface area contributed by atoms with Gasteiger partial charge in [-0.05, 0) is 19.1 Å². The van der Waals surface area contributed by atoms with Crippen LogP contribution in [0.25, 0.3) is 5.69 Å². The van der Waals surface area contributed by atoms with Gasteiger partial charge in [-0.25, -0.2) is 4.68 Å². The number of piperazine rings is 1. The molecule has 1 saturated heterocycles. The van der Waals surface area contributed by atoms with Crippen LogP contribution in [0.5, 0.6) is 0 Å². The van der Waals surface area contributed by atoms with Gasteiger partial charge in [-0.15, -0.1) is 0 Å². The summed E-state index contributed by atoms with van der Waals surface area (Å²) >= 11 is 0. The number of nitrogens with one attached hydrogen (secondary N) is 1. The highest BCUT2D eigenvalue weighted by Gasteiger charge is 2.31. The normalized spacial score (nSPS) is 17.5. The van der Waals surface area contributed by atoms with Gasteiger partial charge >= 0.3 is 0 Å². The number of rotatable bonds is 3. The largest absolute Gasteiger partial charge is 0.329 e. The van der Waals surface area contributed by atoms with Crippen molar-refractivity contribution in [1.82, 2.24) is 29.8 Å². The van der Waals surface area contributed by atoms with Crippen LogP contribution in [0.1, 0.15) is 27.7 Å². The summed E-state index contributed by atoms with van der Waals surface area (Å²) in [6, 6.07) is 9.84. The van der Waals surface area contributed by atoms with Gasteiger partial charge in [-0.2, -0.15) is 10.2 Å². The summed E-state index contributed by atoms with van der Waals surface area (Å²) in [4.78, 5) is 15.2. The molecule has 3 aromatic rings. The van der Waals surface area contributed by atoms with Crippen LogP contribution >= 0.6 is 0 Å². The second kappa shape index (κ2) is 6.76. The molecule has 4 rings (SSSR count). The lowest BCUT2D eigenvalue weighted by Gasteiger charge is -2.35. The Balaban J connectivity index is 1.65. The molecular weight excluding hydrogens is 328 g/mol. The summed E-state index contributed by atoms with van der Waals surface area (Å²) < 4.78 is 3.58.